The molecule has 1 fully saturated rings. The number of urea groups is 1. The predicted octanol–water partition coefficient (Wildman–Crippen LogP) is 0.655. The lowest BCUT2D eigenvalue weighted by molar-refractivity contribution is 0.0204. The Hall–Kier alpha value is -1.30. The van der Waals surface area contributed by atoms with Gasteiger partial charge in [-0.3, -0.25) is 0 Å². The summed E-state index contributed by atoms with van der Waals surface area (Å²) in [4.78, 5) is 23.7. The number of nitrogens with zero attached hydrogens (tertiary/aromatic N) is 1. The van der Waals surface area contributed by atoms with Crippen LogP contribution in [-0.2, 0) is 4.74 Å². The molecule has 86 valence electrons. The van der Waals surface area contributed by atoms with Crippen LogP contribution in [0, 0.1) is 0 Å². The molecule has 2 N–H and O–H groups in total. The van der Waals surface area contributed by atoms with Crippen molar-refractivity contribution in [3.63, 3.8) is 0 Å². The Kier molecular flexibility index (Phi) is 3.18. The molecule has 1 saturated heterocycles. The van der Waals surface area contributed by atoms with Gasteiger partial charge in [0.1, 0.15) is 11.8 Å². The van der Waals surface area contributed by atoms with Crippen LogP contribution in [0.2, 0.25) is 0 Å². The van der Waals surface area contributed by atoms with Crippen molar-refractivity contribution < 1.29 is 19.4 Å². The van der Waals surface area contributed by atoms with Gasteiger partial charge in [-0.2, -0.15) is 0 Å². The smallest absolute Gasteiger partial charge is 0.418 e. The summed E-state index contributed by atoms with van der Waals surface area (Å²) in [6.07, 6.45) is -1.26. The van der Waals surface area contributed by atoms with E-state index in [0.717, 1.165) is 4.90 Å². The molecule has 0 aromatic carbocycles. The summed E-state index contributed by atoms with van der Waals surface area (Å²) < 4.78 is 5.03. The molecule has 6 nitrogen and oxygen atoms in total. The monoisotopic (exact) mass is 216 g/mol. The number of amides is 3. The maximum absolute atomic E-state index is 11.5. The number of rotatable bonds is 0. The molecule has 0 spiro atoms. The topological polar surface area (TPSA) is 78.9 Å². The van der Waals surface area contributed by atoms with Crippen LogP contribution in [0.1, 0.15) is 27.2 Å². The minimum Gasteiger partial charge on any atom is -0.443 e. The van der Waals surface area contributed by atoms with E-state index in [9.17, 15) is 9.59 Å². The summed E-state index contributed by atoms with van der Waals surface area (Å²) in [5.74, 6) is 0. The fourth-order valence-electron chi connectivity index (χ4n) is 1.14. The van der Waals surface area contributed by atoms with Crippen molar-refractivity contribution in [1.29, 1.82) is 0 Å². The maximum atomic E-state index is 11.5. The van der Waals surface area contributed by atoms with Gasteiger partial charge in [-0.25, -0.2) is 14.5 Å². The van der Waals surface area contributed by atoms with Crippen LogP contribution in [0.5, 0.6) is 0 Å². The first-order chi connectivity index (χ1) is 6.79. The summed E-state index contributed by atoms with van der Waals surface area (Å²) >= 11 is 0. The second kappa shape index (κ2) is 4.06. The van der Waals surface area contributed by atoms with Gasteiger partial charge in [-0.15, -0.1) is 0 Å². The van der Waals surface area contributed by atoms with Crippen LogP contribution < -0.4 is 5.32 Å². The van der Waals surface area contributed by atoms with Crippen LogP contribution in [0.25, 0.3) is 0 Å². The number of aliphatic hydroxyl groups is 1. The highest BCUT2D eigenvalue weighted by Crippen LogP contribution is 2.12. The minimum absolute atomic E-state index is 0.169. The summed E-state index contributed by atoms with van der Waals surface area (Å²) in [6, 6.07) is -0.622. The highest BCUT2D eigenvalue weighted by Gasteiger charge is 2.31. The van der Waals surface area contributed by atoms with Crippen LogP contribution in [0.3, 0.4) is 0 Å². The Balaban J connectivity index is 2.57. The average Bonchev–Trinajstić information content (AvgIpc) is 1.99. The molecular weight excluding hydrogens is 200 g/mol. The van der Waals surface area contributed by atoms with Crippen molar-refractivity contribution >= 4 is 12.1 Å². The van der Waals surface area contributed by atoms with Crippen LogP contribution in [0.4, 0.5) is 9.59 Å². The van der Waals surface area contributed by atoms with Gasteiger partial charge in [0, 0.05) is 13.0 Å². The second-order valence-corrected chi connectivity index (χ2v) is 4.39. The molecule has 15 heavy (non-hydrogen) atoms. The summed E-state index contributed by atoms with van der Waals surface area (Å²) in [7, 11) is 0. The number of hydrogen-bond acceptors (Lipinski definition) is 4. The average molecular weight is 216 g/mol. The van der Waals surface area contributed by atoms with Gasteiger partial charge in [0.15, 0.2) is 0 Å². The molecule has 0 radical (unpaired) electrons. The van der Waals surface area contributed by atoms with E-state index in [1.54, 1.807) is 20.8 Å². The Labute approximate surface area is 88.2 Å². The van der Waals surface area contributed by atoms with E-state index >= 15 is 0 Å². The zero-order chi connectivity index (χ0) is 11.6. The molecule has 6 heteroatoms. The van der Waals surface area contributed by atoms with Gasteiger partial charge in [0.05, 0.1) is 0 Å². The van der Waals surface area contributed by atoms with E-state index in [0.29, 0.717) is 6.42 Å². The quantitative estimate of drug-likeness (QED) is 0.623. The lowest BCUT2D eigenvalue weighted by Crippen LogP contribution is -2.54. The van der Waals surface area contributed by atoms with E-state index in [-0.39, 0.29) is 6.54 Å². The van der Waals surface area contributed by atoms with Gasteiger partial charge in [-0.1, -0.05) is 0 Å². The zero-order valence-electron chi connectivity index (χ0n) is 9.11. The minimum atomic E-state index is -0.879. The SMILES string of the molecule is CC(C)(C)OC(=O)N1CCC(O)NC1=O. The lowest BCUT2D eigenvalue weighted by Gasteiger charge is -2.30. The van der Waals surface area contributed by atoms with Crippen LogP contribution in [-0.4, -0.2) is 40.5 Å². The van der Waals surface area contributed by atoms with Gasteiger partial charge in [0.2, 0.25) is 0 Å². The summed E-state index contributed by atoms with van der Waals surface area (Å²) in [5, 5.41) is 11.3. The summed E-state index contributed by atoms with van der Waals surface area (Å²) in [5.41, 5.74) is -0.632. The van der Waals surface area contributed by atoms with E-state index in [1.165, 1.54) is 0 Å². The molecule has 0 aromatic heterocycles. The zero-order valence-corrected chi connectivity index (χ0v) is 9.11. The number of carbonyl (C=O) groups excluding carboxylic acids is 2. The van der Waals surface area contributed by atoms with Crippen molar-refractivity contribution in [2.24, 2.45) is 0 Å². The third-order valence-corrected chi connectivity index (χ3v) is 1.78. The van der Waals surface area contributed by atoms with Gasteiger partial charge >= 0.3 is 12.1 Å². The van der Waals surface area contributed by atoms with E-state index in [4.69, 9.17) is 9.84 Å². The van der Waals surface area contributed by atoms with Gasteiger partial charge in [-0.05, 0) is 20.8 Å². The van der Waals surface area contributed by atoms with Gasteiger partial charge < -0.3 is 15.2 Å². The molecule has 1 aliphatic rings. The van der Waals surface area contributed by atoms with Crippen LogP contribution >= 0.6 is 0 Å². The number of ether oxygens (including phenoxy) is 1. The van der Waals surface area contributed by atoms with Gasteiger partial charge in [0.25, 0.3) is 0 Å². The Morgan fingerprint density at radius 1 is 1.60 bits per heavy atom. The van der Waals surface area contributed by atoms with Crippen molar-refractivity contribution in [2.75, 3.05) is 6.54 Å². The molecule has 0 bridgehead atoms. The first kappa shape index (κ1) is 11.8. The molecule has 1 unspecified atom stereocenters. The first-order valence-corrected chi connectivity index (χ1v) is 4.79. The maximum Gasteiger partial charge on any atom is 0.418 e. The molecule has 1 rings (SSSR count). The molecule has 1 heterocycles. The van der Waals surface area contributed by atoms with E-state index in [1.807, 2.05) is 0 Å². The standard InChI is InChI=1S/C9H16N2O4/c1-9(2,3)15-8(14)11-5-4-6(12)10-7(11)13/h6,12H,4-5H2,1-3H3,(H,10,13). The van der Waals surface area contributed by atoms with Crippen LogP contribution in [0.15, 0.2) is 0 Å². The highest BCUT2D eigenvalue weighted by molar-refractivity contribution is 5.91. The van der Waals surface area contributed by atoms with Crippen molar-refractivity contribution in [1.82, 2.24) is 10.2 Å². The molecule has 1 atom stereocenters. The molecule has 0 saturated carbocycles. The Morgan fingerprint density at radius 3 is 2.67 bits per heavy atom. The fraction of sp³-hybridized carbons (Fsp3) is 0.778. The number of imide groups is 1. The molecule has 1 aliphatic heterocycles. The normalized spacial score (nSPS) is 22.3. The van der Waals surface area contributed by atoms with Crippen molar-refractivity contribution in [2.45, 2.75) is 39.0 Å². The third kappa shape index (κ3) is 3.39. The predicted molar refractivity (Wildman–Crippen MR) is 52.1 cm³/mol. The van der Waals surface area contributed by atoms with E-state index < -0.39 is 24.0 Å². The number of aliphatic hydroxyl groups excluding tert-OH is 1. The lowest BCUT2D eigenvalue weighted by atomic mass is 10.2. The second-order valence-electron chi connectivity index (χ2n) is 4.39. The number of carbonyl (C=O) groups is 2. The Bertz CT molecular complexity index is 272. The molecule has 0 aromatic rings. The summed E-state index contributed by atoms with van der Waals surface area (Å²) in [6.45, 7) is 5.34. The van der Waals surface area contributed by atoms with Crippen molar-refractivity contribution in [3.8, 4) is 0 Å². The highest BCUT2D eigenvalue weighted by atomic mass is 16.6. The number of hydrogen-bond donors (Lipinski definition) is 2. The van der Waals surface area contributed by atoms with E-state index in [2.05, 4.69) is 5.32 Å². The first-order valence-electron chi connectivity index (χ1n) is 4.79. The molecular formula is C9H16N2O4. The number of nitrogens with one attached hydrogen (secondary N) is 1. The Morgan fingerprint density at radius 2 is 2.20 bits per heavy atom. The molecule has 3 amide bonds. The fourth-order valence-corrected chi connectivity index (χ4v) is 1.14. The van der Waals surface area contributed by atoms with Crippen molar-refractivity contribution in [3.05, 3.63) is 0 Å². The third-order valence-electron chi connectivity index (χ3n) is 1.78. The largest absolute Gasteiger partial charge is 0.443 e. The molecule has 0 aliphatic carbocycles.